The van der Waals surface area contributed by atoms with Gasteiger partial charge in [0.15, 0.2) is 0 Å². The number of nitrogens with one attached hydrogen (secondary N) is 2. The molecule has 0 radical (unpaired) electrons. The summed E-state index contributed by atoms with van der Waals surface area (Å²) in [6.07, 6.45) is -3.05. The van der Waals surface area contributed by atoms with Crippen molar-refractivity contribution >= 4 is 11.6 Å². The van der Waals surface area contributed by atoms with E-state index in [1.165, 1.54) is 0 Å². The van der Waals surface area contributed by atoms with Crippen LogP contribution in [0.15, 0.2) is 18.2 Å². The van der Waals surface area contributed by atoms with Crippen LogP contribution < -0.4 is 10.6 Å². The SMILES string of the molecule is CCCNc1cccc(NC2(C(F)(F)F)CC2)n1. The number of aromatic nitrogens is 1. The van der Waals surface area contributed by atoms with E-state index in [4.69, 9.17) is 0 Å². The average Bonchev–Trinajstić information content (AvgIpc) is 3.07. The second-order valence-corrected chi connectivity index (χ2v) is 4.54. The first-order valence-electron chi connectivity index (χ1n) is 6.03. The van der Waals surface area contributed by atoms with Gasteiger partial charge in [-0.15, -0.1) is 0 Å². The van der Waals surface area contributed by atoms with E-state index in [1.54, 1.807) is 18.2 Å². The standard InChI is InChI=1S/C12H16F3N3/c1-2-8-16-9-4-3-5-10(17-9)18-11(6-7-11)12(13,14)15/h3-5H,2,6-8H2,1H3,(H2,16,17,18). The molecule has 1 aromatic rings. The molecule has 0 bridgehead atoms. The fourth-order valence-corrected chi connectivity index (χ4v) is 1.71. The third-order valence-electron chi connectivity index (χ3n) is 2.97. The van der Waals surface area contributed by atoms with E-state index in [-0.39, 0.29) is 18.7 Å². The van der Waals surface area contributed by atoms with Crippen molar-refractivity contribution in [1.82, 2.24) is 4.98 Å². The molecular formula is C12H16F3N3. The van der Waals surface area contributed by atoms with Gasteiger partial charge in [0.2, 0.25) is 0 Å². The molecule has 1 aliphatic carbocycles. The van der Waals surface area contributed by atoms with Gasteiger partial charge in [0.1, 0.15) is 17.2 Å². The van der Waals surface area contributed by atoms with Crippen LogP contribution >= 0.6 is 0 Å². The van der Waals surface area contributed by atoms with E-state index in [1.807, 2.05) is 6.92 Å². The molecule has 6 heteroatoms. The highest BCUT2D eigenvalue weighted by Crippen LogP contribution is 2.50. The zero-order valence-corrected chi connectivity index (χ0v) is 10.1. The van der Waals surface area contributed by atoms with Gasteiger partial charge in [-0.05, 0) is 31.4 Å². The molecule has 1 fully saturated rings. The Balaban J connectivity index is 2.06. The first kappa shape index (κ1) is 13.0. The molecule has 0 amide bonds. The minimum atomic E-state index is -4.22. The van der Waals surface area contributed by atoms with Gasteiger partial charge < -0.3 is 10.6 Å². The minimum absolute atomic E-state index is 0.116. The second-order valence-electron chi connectivity index (χ2n) is 4.54. The lowest BCUT2D eigenvalue weighted by Gasteiger charge is -2.21. The molecule has 0 unspecified atom stereocenters. The van der Waals surface area contributed by atoms with Crippen LogP contribution in [0.2, 0.25) is 0 Å². The molecule has 0 saturated heterocycles. The van der Waals surface area contributed by atoms with Crippen LogP contribution in [0.3, 0.4) is 0 Å². The van der Waals surface area contributed by atoms with Crippen molar-refractivity contribution in [2.75, 3.05) is 17.2 Å². The van der Waals surface area contributed by atoms with Gasteiger partial charge in [-0.1, -0.05) is 13.0 Å². The zero-order valence-electron chi connectivity index (χ0n) is 10.1. The van der Waals surface area contributed by atoms with E-state index in [0.29, 0.717) is 5.82 Å². The Kier molecular flexibility index (Phi) is 3.36. The van der Waals surface area contributed by atoms with E-state index in [9.17, 15) is 13.2 Å². The third kappa shape index (κ3) is 2.68. The van der Waals surface area contributed by atoms with Crippen molar-refractivity contribution < 1.29 is 13.2 Å². The van der Waals surface area contributed by atoms with Crippen LogP contribution in [0.1, 0.15) is 26.2 Å². The monoisotopic (exact) mass is 259 g/mol. The number of hydrogen-bond donors (Lipinski definition) is 2. The van der Waals surface area contributed by atoms with Gasteiger partial charge in [0, 0.05) is 6.54 Å². The van der Waals surface area contributed by atoms with Crippen molar-refractivity contribution in [2.45, 2.75) is 37.9 Å². The summed E-state index contributed by atoms with van der Waals surface area (Å²) in [5.41, 5.74) is -1.76. The number of rotatable bonds is 5. The Labute approximate surface area is 104 Å². The summed E-state index contributed by atoms with van der Waals surface area (Å²) in [5.74, 6) is 0.866. The maximum atomic E-state index is 12.8. The van der Waals surface area contributed by atoms with Gasteiger partial charge >= 0.3 is 6.18 Å². The Hall–Kier alpha value is -1.46. The van der Waals surface area contributed by atoms with Crippen LogP contribution in [-0.4, -0.2) is 23.2 Å². The van der Waals surface area contributed by atoms with Crippen molar-refractivity contribution in [2.24, 2.45) is 0 Å². The first-order chi connectivity index (χ1) is 8.47. The van der Waals surface area contributed by atoms with E-state index >= 15 is 0 Å². The average molecular weight is 259 g/mol. The molecule has 1 aromatic heterocycles. The fourth-order valence-electron chi connectivity index (χ4n) is 1.71. The molecule has 1 heterocycles. The molecule has 18 heavy (non-hydrogen) atoms. The number of anilines is 2. The van der Waals surface area contributed by atoms with E-state index < -0.39 is 11.7 Å². The van der Waals surface area contributed by atoms with Crippen LogP contribution in [0, 0.1) is 0 Å². The Morgan fingerprint density at radius 3 is 2.50 bits per heavy atom. The molecular weight excluding hydrogens is 243 g/mol. The molecule has 1 saturated carbocycles. The molecule has 2 N–H and O–H groups in total. The van der Waals surface area contributed by atoms with E-state index in [0.717, 1.165) is 13.0 Å². The second kappa shape index (κ2) is 4.66. The highest BCUT2D eigenvalue weighted by atomic mass is 19.4. The molecule has 0 spiro atoms. The van der Waals surface area contributed by atoms with Crippen LogP contribution in [-0.2, 0) is 0 Å². The molecule has 100 valence electrons. The number of nitrogens with zero attached hydrogens (tertiary/aromatic N) is 1. The van der Waals surface area contributed by atoms with Crippen molar-refractivity contribution in [3.63, 3.8) is 0 Å². The molecule has 0 atom stereocenters. The maximum absolute atomic E-state index is 12.8. The Bertz CT molecular complexity index is 413. The molecule has 1 aliphatic rings. The van der Waals surface area contributed by atoms with E-state index in [2.05, 4.69) is 15.6 Å². The number of halogens is 3. The van der Waals surface area contributed by atoms with Crippen LogP contribution in [0.25, 0.3) is 0 Å². The lowest BCUT2D eigenvalue weighted by Crippen LogP contribution is -2.38. The van der Waals surface area contributed by atoms with Gasteiger partial charge in [0.25, 0.3) is 0 Å². The molecule has 0 aromatic carbocycles. The highest BCUT2D eigenvalue weighted by Gasteiger charge is 2.63. The number of pyridine rings is 1. The third-order valence-corrected chi connectivity index (χ3v) is 2.97. The molecule has 0 aliphatic heterocycles. The zero-order chi connectivity index (χ0) is 13.2. The maximum Gasteiger partial charge on any atom is 0.411 e. The minimum Gasteiger partial charge on any atom is -0.370 e. The van der Waals surface area contributed by atoms with Gasteiger partial charge in [0.05, 0.1) is 0 Å². The molecule has 2 rings (SSSR count). The highest BCUT2D eigenvalue weighted by molar-refractivity contribution is 5.48. The summed E-state index contributed by atoms with van der Waals surface area (Å²) in [7, 11) is 0. The summed E-state index contributed by atoms with van der Waals surface area (Å²) in [6.45, 7) is 2.76. The lowest BCUT2D eigenvalue weighted by molar-refractivity contribution is -0.151. The Morgan fingerprint density at radius 2 is 1.94 bits per heavy atom. The smallest absolute Gasteiger partial charge is 0.370 e. The predicted octanol–water partition coefficient (Wildman–Crippen LogP) is 3.41. The topological polar surface area (TPSA) is 37.0 Å². The summed E-state index contributed by atoms with van der Waals surface area (Å²) < 4.78 is 38.3. The van der Waals surface area contributed by atoms with Gasteiger partial charge in [-0.3, -0.25) is 0 Å². The Morgan fingerprint density at radius 1 is 1.28 bits per heavy atom. The van der Waals surface area contributed by atoms with Crippen molar-refractivity contribution in [1.29, 1.82) is 0 Å². The lowest BCUT2D eigenvalue weighted by atomic mass is 10.2. The van der Waals surface area contributed by atoms with Gasteiger partial charge in [-0.25, -0.2) is 4.98 Å². The number of alkyl halides is 3. The summed E-state index contributed by atoms with van der Waals surface area (Å²) in [6, 6.07) is 5.00. The normalized spacial score (nSPS) is 17.3. The largest absolute Gasteiger partial charge is 0.411 e. The quantitative estimate of drug-likeness (QED) is 0.850. The first-order valence-corrected chi connectivity index (χ1v) is 6.03. The van der Waals surface area contributed by atoms with Crippen molar-refractivity contribution in [3.8, 4) is 0 Å². The summed E-state index contributed by atoms with van der Waals surface area (Å²) in [4.78, 5) is 4.13. The summed E-state index contributed by atoms with van der Waals surface area (Å²) >= 11 is 0. The predicted molar refractivity (Wildman–Crippen MR) is 64.7 cm³/mol. The fraction of sp³-hybridized carbons (Fsp3) is 0.583. The van der Waals surface area contributed by atoms with Gasteiger partial charge in [-0.2, -0.15) is 13.2 Å². The van der Waals surface area contributed by atoms with Crippen molar-refractivity contribution in [3.05, 3.63) is 18.2 Å². The number of hydrogen-bond acceptors (Lipinski definition) is 3. The van der Waals surface area contributed by atoms with Crippen LogP contribution in [0.4, 0.5) is 24.8 Å². The van der Waals surface area contributed by atoms with Crippen LogP contribution in [0.5, 0.6) is 0 Å². The molecule has 3 nitrogen and oxygen atoms in total. The summed E-state index contributed by atoms with van der Waals surface area (Å²) in [5, 5.41) is 5.56.